The van der Waals surface area contributed by atoms with Crippen LogP contribution in [0.3, 0.4) is 0 Å². The Morgan fingerprint density at radius 2 is 2.27 bits per heavy atom. The van der Waals surface area contributed by atoms with Gasteiger partial charge in [-0.3, -0.25) is 0 Å². The van der Waals surface area contributed by atoms with E-state index in [2.05, 4.69) is 11.5 Å². The lowest BCUT2D eigenvalue weighted by molar-refractivity contribution is -0.244. The van der Waals surface area contributed by atoms with E-state index in [1.54, 1.807) is 19.9 Å². The van der Waals surface area contributed by atoms with E-state index < -0.39 is 11.4 Å². The third-order valence-corrected chi connectivity index (χ3v) is 1.61. The summed E-state index contributed by atoms with van der Waals surface area (Å²) in [4.78, 5) is 14.5. The lowest BCUT2D eigenvalue weighted by Gasteiger charge is -2.18. The minimum atomic E-state index is -0.622. The summed E-state index contributed by atoms with van der Waals surface area (Å²) in [7, 11) is 0. The Labute approximate surface area is 66.6 Å². The Kier molecular flexibility index (Phi) is 3.82. The van der Waals surface area contributed by atoms with Crippen molar-refractivity contribution in [2.45, 2.75) is 26.7 Å². The molecule has 3 nitrogen and oxygen atoms in total. The first kappa shape index (κ1) is 10.2. The van der Waals surface area contributed by atoms with Crippen molar-refractivity contribution in [1.29, 1.82) is 0 Å². The molecule has 0 aliphatic rings. The minimum Gasteiger partial charge on any atom is -0.300 e. The molecule has 11 heavy (non-hydrogen) atoms. The van der Waals surface area contributed by atoms with E-state index in [1.165, 1.54) is 0 Å². The van der Waals surface area contributed by atoms with E-state index in [1.807, 2.05) is 0 Å². The topological polar surface area (TPSA) is 46.5 Å². The maximum atomic E-state index is 10.8. The molecule has 0 rings (SSSR count). The molecule has 0 amide bonds. The Bertz CT molecular complexity index is 149. The van der Waals surface area contributed by atoms with E-state index >= 15 is 0 Å². The second-order valence-corrected chi connectivity index (χ2v) is 3.09. The molecule has 0 heterocycles. The largest absolute Gasteiger partial charge is 0.347 e. The van der Waals surface area contributed by atoms with Crippen LogP contribution in [-0.4, -0.2) is 11.2 Å². The fourth-order valence-electron chi connectivity index (χ4n) is 0.689. The first-order valence-corrected chi connectivity index (χ1v) is 3.51. The second-order valence-electron chi connectivity index (χ2n) is 3.09. The molecule has 0 spiro atoms. The van der Waals surface area contributed by atoms with Crippen LogP contribution in [-0.2, 0) is 9.68 Å². The average Bonchev–Trinajstić information content (AvgIpc) is 1.99. The SMILES string of the molecule is C=CCCC(C)(C)C(=O)OO. The number of hydrogen-bond donors (Lipinski definition) is 1. The van der Waals surface area contributed by atoms with E-state index in [-0.39, 0.29) is 0 Å². The van der Waals surface area contributed by atoms with Gasteiger partial charge in [0.1, 0.15) is 0 Å². The molecule has 0 aliphatic carbocycles. The molecule has 3 heteroatoms. The van der Waals surface area contributed by atoms with Gasteiger partial charge < -0.3 is 4.89 Å². The van der Waals surface area contributed by atoms with Gasteiger partial charge in [-0.2, -0.15) is 5.26 Å². The molecule has 0 aromatic heterocycles. The maximum absolute atomic E-state index is 10.8. The molecule has 64 valence electrons. The summed E-state index contributed by atoms with van der Waals surface area (Å²) in [5.74, 6) is -0.598. The van der Waals surface area contributed by atoms with Gasteiger partial charge in [0.2, 0.25) is 0 Å². The first-order valence-electron chi connectivity index (χ1n) is 3.51. The van der Waals surface area contributed by atoms with Crippen LogP contribution in [0, 0.1) is 5.41 Å². The van der Waals surface area contributed by atoms with Crippen LogP contribution in [0.5, 0.6) is 0 Å². The predicted octanol–water partition coefficient (Wildman–Crippen LogP) is 2.00. The van der Waals surface area contributed by atoms with Crippen molar-refractivity contribution in [1.82, 2.24) is 0 Å². The van der Waals surface area contributed by atoms with Crippen molar-refractivity contribution in [3.05, 3.63) is 12.7 Å². The van der Waals surface area contributed by atoms with Crippen LogP contribution in [0.2, 0.25) is 0 Å². The maximum Gasteiger partial charge on any atom is 0.347 e. The van der Waals surface area contributed by atoms with Gasteiger partial charge in [0.05, 0.1) is 5.41 Å². The third kappa shape index (κ3) is 3.18. The summed E-state index contributed by atoms with van der Waals surface area (Å²) in [5.41, 5.74) is -0.622. The Hall–Kier alpha value is -0.830. The molecule has 0 saturated heterocycles. The van der Waals surface area contributed by atoms with Gasteiger partial charge in [-0.25, -0.2) is 4.79 Å². The zero-order valence-electron chi connectivity index (χ0n) is 6.96. The number of carbonyl (C=O) groups excluding carboxylic acids is 1. The van der Waals surface area contributed by atoms with Gasteiger partial charge >= 0.3 is 5.97 Å². The molecule has 0 unspecified atom stereocenters. The molecule has 0 bridgehead atoms. The molecule has 1 N–H and O–H groups in total. The van der Waals surface area contributed by atoms with Crippen LogP contribution in [0.4, 0.5) is 0 Å². The molecule has 0 saturated carbocycles. The fraction of sp³-hybridized carbons (Fsp3) is 0.625. The van der Waals surface area contributed by atoms with Crippen molar-refractivity contribution in [2.24, 2.45) is 5.41 Å². The van der Waals surface area contributed by atoms with Gasteiger partial charge in [-0.15, -0.1) is 6.58 Å². The van der Waals surface area contributed by atoms with Gasteiger partial charge in [0, 0.05) is 0 Å². The number of carbonyl (C=O) groups is 1. The van der Waals surface area contributed by atoms with E-state index in [0.717, 1.165) is 6.42 Å². The minimum absolute atomic E-state index is 0.598. The number of rotatable bonds is 4. The highest BCUT2D eigenvalue weighted by Gasteiger charge is 2.28. The van der Waals surface area contributed by atoms with Crippen LogP contribution >= 0.6 is 0 Å². The van der Waals surface area contributed by atoms with Crippen LogP contribution < -0.4 is 0 Å². The van der Waals surface area contributed by atoms with Crippen molar-refractivity contribution < 1.29 is 14.9 Å². The Morgan fingerprint density at radius 1 is 1.73 bits per heavy atom. The molecule has 0 atom stereocenters. The van der Waals surface area contributed by atoms with Gasteiger partial charge in [0.15, 0.2) is 0 Å². The summed E-state index contributed by atoms with van der Waals surface area (Å²) in [6.45, 7) is 6.97. The molecular weight excluding hydrogens is 144 g/mol. The third-order valence-electron chi connectivity index (χ3n) is 1.61. The summed E-state index contributed by atoms with van der Waals surface area (Å²) in [6, 6.07) is 0. The van der Waals surface area contributed by atoms with Crippen LogP contribution in [0.15, 0.2) is 12.7 Å². The van der Waals surface area contributed by atoms with E-state index in [9.17, 15) is 4.79 Å². The summed E-state index contributed by atoms with van der Waals surface area (Å²) < 4.78 is 0. The van der Waals surface area contributed by atoms with Crippen molar-refractivity contribution in [3.63, 3.8) is 0 Å². The second kappa shape index (κ2) is 4.13. The van der Waals surface area contributed by atoms with Gasteiger partial charge in [-0.05, 0) is 26.7 Å². The van der Waals surface area contributed by atoms with E-state index in [4.69, 9.17) is 5.26 Å². The monoisotopic (exact) mass is 158 g/mol. The lowest BCUT2D eigenvalue weighted by Crippen LogP contribution is -2.25. The summed E-state index contributed by atoms with van der Waals surface area (Å²) >= 11 is 0. The number of allylic oxidation sites excluding steroid dienone is 1. The predicted molar refractivity (Wildman–Crippen MR) is 41.9 cm³/mol. The molecule has 0 fully saturated rings. The average molecular weight is 158 g/mol. The highest BCUT2D eigenvalue weighted by atomic mass is 17.1. The number of hydrogen-bond acceptors (Lipinski definition) is 3. The molecule has 0 radical (unpaired) electrons. The van der Waals surface area contributed by atoms with Gasteiger partial charge in [0.25, 0.3) is 0 Å². The highest BCUT2D eigenvalue weighted by molar-refractivity contribution is 5.75. The zero-order chi connectivity index (χ0) is 8.91. The quantitative estimate of drug-likeness (QED) is 0.386. The lowest BCUT2D eigenvalue weighted by atomic mass is 9.88. The summed E-state index contributed by atoms with van der Waals surface area (Å²) in [5, 5.41) is 8.09. The van der Waals surface area contributed by atoms with Crippen LogP contribution in [0.25, 0.3) is 0 Å². The highest BCUT2D eigenvalue weighted by Crippen LogP contribution is 2.23. The Balaban J connectivity index is 3.97. The van der Waals surface area contributed by atoms with Gasteiger partial charge in [-0.1, -0.05) is 6.08 Å². The Morgan fingerprint density at radius 3 is 2.64 bits per heavy atom. The van der Waals surface area contributed by atoms with Crippen molar-refractivity contribution in [3.8, 4) is 0 Å². The summed E-state index contributed by atoms with van der Waals surface area (Å²) in [6.07, 6.45) is 3.10. The first-order chi connectivity index (χ1) is 5.04. The fourth-order valence-corrected chi connectivity index (χ4v) is 0.689. The van der Waals surface area contributed by atoms with Crippen LogP contribution in [0.1, 0.15) is 26.7 Å². The molecule has 0 aromatic carbocycles. The van der Waals surface area contributed by atoms with Crippen molar-refractivity contribution in [2.75, 3.05) is 0 Å². The zero-order valence-corrected chi connectivity index (χ0v) is 6.96. The molecule has 0 aliphatic heterocycles. The smallest absolute Gasteiger partial charge is 0.300 e. The molecular formula is C8H14O3. The normalized spacial score (nSPS) is 10.8. The van der Waals surface area contributed by atoms with Crippen molar-refractivity contribution >= 4 is 5.97 Å². The standard InChI is InChI=1S/C8H14O3/c1-4-5-6-8(2,3)7(9)11-10/h4,10H,1,5-6H2,2-3H3. The van der Waals surface area contributed by atoms with E-state index in [0.29, 0.717) is 6.42 Å². The molecule has 0 aromatic rings.